The number of nitrogens with zero attached hydrogens (tertiary/aromatic N) is 5. The maximum Gasteiger partial charge on any atom is 0.270 e. The summed E-state index contributed by atoms with van der Waals surface area (Å²) < 4.78 is 11.1. The monoisotopic (exact) mass is 423 g/mol. The average Bonchev–Trinajstić information content (AvgIpc) is 3.33. The summed E-state index contributed by atoms with van der Waals surface area (Å²) in [5, 5.41) is 28.0. The number of aromatic nitrogens is 2. The van der Waals surface area contributed by atoms with Gasteiger partial charge in [0.25, 0.3) is 5.69 Å². The molecule has 30 heavy (non-hydrogen) atoms. The number of fused-ring (bicyclic) bond motifs is 2. The highest BCUT2D eigenvalue weighted by molar-refractivity contribution is 7.15. The van der Waals surface area contributed by atoms with Crippen molar-refractivity contribution < 1.29 is 14.4 Å². The van der Waals surface area contributed by atoms with Crippen LogP contribution in [0.3, 0.4) is 0 Å². The van der Waals surface area contributed by atoms with E-state index in [2.05, 4.69) is 17.1 Å². The van der Waals surface area contributed by atoms with Crippen LogP contribution in [0.5, 0.6) is 11.5 Å². The molecule has 3 heterocycles. The molecule has 152 valence electrons. The molecular weight excluding hydrogens is 406 g/mol. The van der Waals surface area contributed by atoms with Crippen LogP contribution >= 0.6 is 11.3 Å². The summed E-state index contributed by atoms with van der Waals surface area (Å²) >= 11 is 1.45. The Balaban J connectivity index is 1.72. The molecule has 3 aromatic rings. The summed E-state index contributed by atoms with van der Waals surface area (Å²) in [5.41, 5.74) is 3.15. The van der Waals surface area contributed by atoms with Crippen LogP contribution in [0, 0.1) is 17.0 Å². The number of nitro groups is 1. The first-order chi connectivity index (χ1) is 14.5. The zero-order valence-electron chi connectivity index (χ0n) is 16.2. The van der Waals surface area contributed by atoms with Crippen LogP contribution in [0.1, 0.15) is 28.6 Å². The number of hydrogen-bond acceptors (Lipinski definition) is 9. The Hall–Kier alpha value is -3.53. The van der Waals surface area contributed by atoms with Crippen molar-refractivity contribution in [3.05, 3.63) is 68.2 Å². The molecule has 0 amide bonds. The molecule has 0 bridgehead atoms. The van der Waals surface area contributed by atoms with Gasteiger partial charge in [0.1, 0.15) is 5.01 Å². The molecule has 1 atom stereocenters. The van der Waals surface area contributed by atoms with Gasteiger partial charge in [0.2, 0.25) is 11.9 Å². The third-order valence-corrected chi connectivity index (χ3v) is 5.86. The molecule has 5 rings (SSSR count). The predicted molar refractivity (Wildman–Crippen MR) is 112 cm³/mol. The van der Waals surface area contributed by atoms with Gasteiger partial charge in [-0.3, -0.25) is 10.1 Å². The summed E-state index contributed by atoms with van der Waals surface area (Å²) in [5.74, 6) is 1.33. The second kappa shape index (κ2) is 7.06. The Kier molecular flexibility index (Phi) is 4.35. The lowest BCUT2D eigenvalue weighted by molar-refractivity contribution is -0.384. The van der Waals surface area contributed by atoms with Gasteiger partial charge in [-0.25, -0.2) is 5.01 Å². The van der Waals surface area contributed by atoms with Crippen LogP contribution < -0.4 is 14.5 Å². The van der Waals surface area contributed by atoms with Gasteiger partial charge >= 0.3 is 0 Å². The third kappa shape index (κ3) is 3.14. The molecule has 0 spiro atoms. The minimum atomic E-state index is -0.407. The minimum Gasteiger partial charge on any atom is -0.454 e. The summed E-state index contributed by atoms with van der Waals surface area (Å²) in [6.07, 6.45) is 0.687. The minimum absolute atomic E-state index is 0.00679. The molecule has 0 saturated carbocycles. The number of nitro benzene ring substituents is 1. The van der Waals surface area contributed by atoms with Gasteiger partial charge in [0, 0.05) is 23.3 Å². The molecule has 1 unspecified atom stereocenters. The number of hydrazone groups is 1. The smallest absolute Gasteiger partial charge is 0.270 e. The van der Waals surface area contributed by atoms with E-state index in [9.17, 15) is 10.1 Å². The molecule has 2 aliphatic heterocycles. The highest BCUT2D eigenvalue weighted by Crippen LogP contribution is 2.38. The second-order valence-electron chi connectivity index (χ2n) is 7.12. The fourth-order valence-corrected chi connectivity index (χ4v) is 4.37. The second-order valence-corrected chi connectivity index (χ2v) is 8.28. The van der Waals surface area contributed by atoms with Gasteiger partial charge in [-0.05, 0) is 38.0 Å². The van der Waals surface area contributed by atoms with E-state index >= 15 is 0 Å². The zero-order valence-corrected chi connectivity index (χ0v) is 17.0. The first-order valence-electron chi connectivity index (χ1n) is 9.35. The van der Waals surface area contributed by atoms with Crippen molar-refractivity contribution in [2.45, 2.75) is 26.3 Å². The molecule has 9 nitrogen and oxygen atoms in total. The number of aryl methyl sites for hydroxylation is 1. The van der Waals surface area contributed by atoms with E-state index in [0.29, 0.717) is 34.3 Å². The Bertz CT molecular complexity index is 1190. The van der Waals surface area contributed by atoms with Gasteiger partial charge < -0.3 is 9.47 Å². The van der Waals surface area contributed by atoms with E-state index in [1.807, 2.05) is 30.1 Å². The average molecular weight is 423 g/mol. The number of ether oxygens (including phenoxy) is 2. The third-order valence-electron chi connectivity index (χ3n) is 5.04. The number of non-ortho nitro benzene ring substituents is 1. The van der Waals surface area contributed by atoms with Crippen LogP contribution in [-0.4, -0.2) is 33.7 Å². The molecule has 1 aromatic heterocycles. The standard InChI is InChI=1S/C20H17N5O4S/c1-11-6-14-8-17-18(29-10-28-17)9-16(14)19(13-4-3-5-15(7-13)25(26)27)23-24(11)20-22-21-12(2)30-20/h3-5,7-9,11H,6,10H2,1-2H3. The van der Waals surface area contributed by atoms with E-state index in [1.165, 1.54) is 23.5 Å². The van der Waals surface area contributed by atoms with Crippen LogP contribution in [0.25, 0.3) is 0 Å². The maximum atomic E-state index is 11.3. The van der Waals surface area contributed by atoms with Gasteiger partial charge in [-0.15, -0.1) is 10.2 Å². The summed E-state index contributed by atoms with van der Waals surface area (Å²) in [6, 6.07) is 10.3. The fourth-order valence-electron chi connectivity index (χ4n) is 3.63. The molecule has 10 heteroatoms. The number of rotatable bonds is 3. The van der Waals surface area contributed by atoms with Gasteiger partial charge in [-0.2, -0.15) is 5.10 Å². The molecule has 0 N–H and O–H groups in total. The van der Waals surface area contributed by atoms with Crippen molar-refractivity contribution in [1.82, 2.24) is 10.2 Å². The zero-order chi connectivity index (χ0) is 20.8. The first kappa shape index (κ1) is 18.5. The van der Waals surface area contributed by atoms with Crippen molar-refractivity contribution in [2.24, 2.45) is 5.10 Å². The Morgan fingerprint density at radius 2 is 2.00 bits per heavy atom. The molecule has 0 radical (unpaired) electrons. The maximum absolute atomic E-state index is 11.3. The van der Waals surface area contributed by atoms with E-state index in [-0.39, 0.29) is 18.5 Å². The summed E-state index contributed by atoms with van der Waals surface area (Å²) in [6.45, 7) is 4.13. The van der Waals surface area contributed by atoms with Crippen molar-refractivity contribution in [2.75, 3.05) is 11.8 Å². The lowest BCUT2D eigenvalue weighted by atomic mass is 9.94. The molecular formula is C20H17N5O4S. The van der Waals surface area contributed by atoms with Gasteiger partial charge in [0.15, 0.2) is 11.5 Å². The largest absolute Gasteiger partial charge is 0.454 e. The van der Waals surface area contributed by atoms with Gasteiger partial charge in [0.05, 0.1) is 16.7 Å². The molecule has 0 fully saturated rings. The number of hydrogen-bond donors (Lipinski definition) is 0. The summed E-state index contributed by atoms with van der Waals surface area (Å²) in [7, 11) is 0. The summed E-state index contributed by atoms with van der Waals surface area (Å²) in [4.78, 5) is 10.9. The van der Waals surface area contributed by atoms with Crippen molar-refractivity contribution in [3.8, 4) is 11.5 Å². The van der Waals surface area contributed by atoms with E-state index in [4.69, 9.17) is 14.6 Å². The van der Waals surface area contributed by atoms with Crippen LogP contribution in [0.15, 0.2) is 41.5 Å². The van der Waals surface area contributed by atoms with Crippen molar-refractivity contribution >= 4 is 27.9 Å². The van der Waals surface area contributed by atoms with E-state index in [0.717, 1.165) is 16.1 Å². The van der Waals surface area contributed by atoms with Crippen LogP contribution in [0.4, 0.5) is 10.8 Å². The van der Waals surface area contributed by atoms with Crippen LogP contribution in [-0.2, 0) is 6.42 Å². The Morgan fingerprint density at radius 1 is 1.20 bits per heavy atom. The normalized spacial score (nSPS) is 17.3. The Morgan fingerprint density at radius 3 is 2.73 bits per heavy atom. The highest BCUT2D eigenvalue weighted by Gasteiger charge is 2.29. The first-order valence-corrected chi connectivity index (χ1v) is 10.2. The number of benzene rings is 2. The topological polar surface area (TPSA) is 103 Å². The fraction of sp³-hybridized carbons (Fsp3) is 0.250. The van der Waals surface area contributed by atoms with Crippen molar-refractivity contribution in [3.63, 3.8) is 0 Å². The lowest BCUT2D eigenvalue weighted by Gasteiger charge is -2.21. The quantitative estimate of drug-likeness (QED) is 0.467. The highest BCUT2D eigenvalue weighted by atomic mass is 32.1. The molecule has 0 aliphatic carbocycles. The van der Waals surface area contributed by atoms with E-state index < -0.39 is 4.92 Å². The number of anilines is 1. The molecule has 2 aromatic carbocycles. The predicted octanol–water partition coefficient (Wildman–Crippen LogP) is 3.69. The van der Waals surface area contributed by atoms with E-state index in [1.54, 1.807) is 6.07 Å². The van der Waals surface area contributed by atoms with Crippen molar-refractivity contribution in [1.29, 1.82) is 0 Å². The lowest BCUT2D eigenvalue weighted by Crippen LogP contribution is -2.29. The van der Waals surface area contributed by atoms with Crippen LogP contribution in [0.2, 0.25) is 0 Å². The van der Waals surface area contributed by atoms with Gasteiger partial charge in [-0.1, -0.05) is 23.5 Å². The SMILES string of the molecule is Cc1nnc(N2N=C(c3cccc([N+](=O)[O-])c3)c3cc4c(cc3CC2C)OCO4)s1. The molecule has 2 aliphatic rings. The Labute approximate surface area is 175 Å². The molecule has 0 saturated heterocycles.